The number of nitrogens with zero attached hydrogens (tertiary/aromatic N) is 4. The highest BCUT2D eigenvalue weighted by Crippen LogP contribution is 2.25. The maximum absolute atomic E-state index is 13.1. The number of pyridine rings is 2. The Kier molecular flexibility index (Phi) is 4.65. The van der Waals surface area contributed by atoms with Gasteiger partial charge in [0.15, 0.2) is 5.65 Å². The molecule has 0 radical (unpaired) electrons. The first kappa shape index (κ1) is 16.9. The summed E-state index contributed by atoms with van der Waals surface area (Å²) in [4.78, 5) is 34.1. The molecule has 0 N–H and O–H groups in total. The molecule has 0 aliphatic carbocycles. The van der Waals surface area contributed by atoms with Crippen molar-refractivity contribution in [2.24, 2.45) is 7.05 Å². The van der Waals surface area contributed by atoms with Gasteiger partial charge in [0.2, 0.25) is 0 Å². The van der Waals surface area contributed by atoms with Gasteiger partial charge < -0.3 is 4.74 Å². The van der Waals surface area contributed by atoms with Gasteiger partial charge in [-0.15, -0.1) is 0 Å². The Morgan fingerprint density at radius 1 is 1.20 bits per heavy atom. The maximum Gasteiger partial charge on any atom is 0.332 e. The molecule has 0 spiro atoms. The molecule has 0 bridgehead atoms. The number of fused-ring (bicyclic) bond motifs is 1. The summed E-state index contributed by atoms with van der Waals surface area (Å²) in [7, 11) is 1.61. The van der Waals surface area contributed by atoms with Crippen molar-refractivity contribution in [3.8, 4) is 5.75 Å². The molecule has 7 heteroatoms. The third-order valence-corrected chi connectivity index (χ3v) is 4.11. The minimum absolute atomic E-state index is 0.150. The number of hydrogen-bond acceptors (Lipinski definition) is 5. The number of ether oxygens (including phenoxy) is 1. The minimum Gasteiger partial charge on any atom is -0.493 e. The molecule has 0 saturated heterocycles. The van der Waals surface area contributed by atoms with Gasteiger partial charge >= 0.3 is 5.69 Å². The fourth-order valence-corrected chi connectivity index (χ4v) is 2.84. The quantitative estimate of drug-likeness (QED) is 0.703. The van der Waals surface area contributed by atoms with Crippen LogP contribution in [0, 0.1) is 0 Å². The van der Waals surface area contributed by atoms with Crippen LogP contribution in [0.1, 0.15) is 25.0 Å². The van der Waals surface area contributed by atoms with E-state index in [1.54, 1.807) is 31.7 Å². The topological polar surface area (TPSA) is 79.0 Å². The molecule has 0 atom stereocenters. The zero-order valence-corrected chi connectivity index (χ0v) is 14.5. The molecule has 7 nitrogen and oxygen atoms in total. The Balaban J connectivity index is 2.34. The summed E-state index contributed by atoms with van der Waals surface area (Å²) >= 11 is 0. The molecule has 0 fully saturated rings. The molecule has 0 unspecified atom stereocenters. The standard InChI is InChI=1S/C18H20N4O3/c1-4-13-10-20-16-14(15(13)25-5-2)17(23)22(18(24)21(16)3)11-12-7-6-8-19-9-12/h6-10H,4-5,11H2,1-3H3. The van der Waals surface area contributed by atoms with Crippen LogP contribution in [0.15, 0.2) is 40.3 Å². The largest absolute Gasteiger partial charge is 0.493 e. The first-order chi connectivity index (χ1) is 12.1. The molecular formula is C18H20N4O3. The van der Waals surface area contributed by atoms with E-state index in [2.05, 4.69) is 9.97 Å². The lowest BCUT2D eigenvalue weighted by Crippen LogP contribution is -2.40. The molecule has 3 aromatic heterocycles. The molecule has 0 amide bonds. The Morgan fingerprint density at radius 2 is 2.00 bits per heavy atom. The molecule has 0 aliphatic heterocycles. The fourth-order valence-electron chi connectivity index (χ4n) is 2.84. The Morgan fingerprint density at radius 3 is 2.64 bits per heavy atom. The van der Waals surface area contributed by atoms with Gasteiger partial charge in [-0.2, -0.15) is 0 Å². The number of rotatable bonds is 5. The van der Waals surface area contributed by atoms with Crippen molar-refractivity contribution in [1.29, 1.82) is 0 Å². The lowest BCUT2D eigenvalue weighted by Gasteiger charge is -2.15. The predicted molar refractivity (Wildman–Crippen MR) is 95.1 cm³/mol. The van der Waals surface area contributed by atoms with Crippen LogP contribution >= 0.6 is 0 Å². The van der Waals surface area contributed by atoms with Crippen molar-refractivity contribution in [2.75, 3.05) is 6.61 Å². The number of aromatic nitrogens is 4. The molecule has 3 aromatic rings. The second kappa shape index (κ2) is 6.88. The van der Waals surface area contributed by atoms with Crippen molar-refractivity contribution in [2.45, 2.75) is 26.8 Å². The van der Waals surface area contributed by atoms with E-state index >= 15 is 0 Å². The van der Waals surface area contributed by atoms with E-state index in [0.717, 1.165) is 11.1 Å². The van der Waals surface area contributed by atoms with Crippen molar-refractivity contribution in [3.05, 3.63) is 62.7 Å². The molecule has 0 aromatic carbocycles. The van der Waals surface area contributed by atoms with Crippen LogP contribution in [0.2, 0.25) is 0 Å². The summed E-state index contributed by atoms with van der Waals surface area (Å²) in [5.41, 5.74) is 1.14. The van der Waals surface area contributed by atoms with Gasteiger partial charge in [-0.05, 0) is 25.0 Å². The van der Waals surface area contributed by atoms with Gasteiger partial charge in [0.25, 0.3) is 5.56 Å². The molecule has 25 heavy (non-hydrogen) atoms. The zero-order chi connectivity index (χ0) is 18.0. The average molecular weight is 340 g/mol. The lowest BCUT2D eigenvalue weighted by molar-refractivity contribution is 0.340. The van der Waals surface area contributed by atoms with Crippen molar-refractivity contribution in [1.82, 2.24) is 19.1 Å². The number of hydrogen-bond donors (Lipinski definition) is 0. The third-order valence-electron chi connectivity index (χ3n) is 4.11. The highest BCUT2D eigenvalue weighted by Gasteiger charge is 2.19. The van der Waals surface area contributed by atoms with E-state index in [0.29, 0.717) is 29.8 Å². The average Bonchev–Trinajstić information content (AvgIpc) is 2.64. The molecular weight excluding hydrogens is 320 g/mol. The van der Waals surface area contributed by atoms with E-state index in [1.165, 1.54) is 9.13 Å². The van der Waals surface area contributed by atoms with E-state index in [1.807, 2.05) is 19.9 Å². The smallest absolute Gasteiger partial charge is 0.332 e. The SMILES string of the molecule is CCOc1c(CC)cnc2c1c(=O)n(Cc1cccnc1)c(=O)n2C. The molecule has 3 rings (SSSR count). The van der Waals surface area contributed by atoms with Gasteiger partial charge in [-0.25, -0.2) is 9.78 Å². The predicted octanol–water partition coefficient (Wildman–Crippen LogP) is 1.50. The van der Waals surface area contributed by atoms with Crippen molar-refractivity contribution < 1.29 is 4.74 Å². The summed E-state index contributed by atoms with van der Waals surface area (Å²) in [6.07, 6.45) is 5.64. The molecule has 0 saturated carbocycles. The van der Waals surface area contributed by atoms with Crippen LogP contribution in [-0.2, 0) is 20.0 Å². The monoisotopic (exact) mass is 340 g/mol. The van der Waals surface area contributed by atoms with Gasteiger partial charge in [0, 0.05) is 31.2 Å². The maximum atomic E-state index is 13.1. The second-order valence-corrected chi connectivity index (χ2v) is 5.69. The van der Waals surface area contributed by atoms with Crippen LogP contribution < -0.4 is 16.0 Å². The zero-order valence-electron chi connectivity index (χ0n) is 14.5. The molecule has 3 heterocycles. The van der Waals surface area contributed by atoms with Gasteiger partial charge in [0.1, 0.15) is 11.1 Å². The van der Waals surface area contributed by atoms with E-state index in [-0.39, 0.29) is 6.54 Å². The summed E-state index contributed by atoms with van der Waals surface area (Å²) in [6.45, 7) is 4.41. The Hall–Kier alpha value is -2.96. The Labute approximate surface area is 144 Å². The first-order valence-electron chi connectivity index (χ1n) is 8.21. The van der Waals surface area contributed by atoms with Gasteiger partial charge in [-0.3, -0.25) is 18.9 Å². The van der Waals surface area contributed by atoms with Gasteiger partial charge in [0.05, 0.1) is 13.2 Å². The van der Waals surface area contributed by atoms with Crippen molar-refractivity contribution in [3.63, 3.8) is 0 Å². The van der Waals surface area contributed by atoms with Crippen LogP contribution in [0.25, 0.3) is 11.0 Å². The summed E-state index contributed by atoms with van der Waals surface area (Å²) in [6, 6.07) is 3.60. The third kappa shape index (κ3) is 2.93. The highest BCUT2D eigenvalue weighted by atomic mass is 16.5. The molecule has 130 valence electrons. The van der Waals surface area contributed by atoms with E-state index in [4.69, 9.17) is 4.74 Å². The molecule has 0 aliphatic rings. The van der Waals surface area contributed by atoms with Crippen LogP contribution in [0.3, 0.4) is 0 Å². The first-order valence-corrected chi connectivity index (χ1v) is 8.21. The normalized spacial score (nSPS) is 11.0. The second-order valence-electron chi connectivity index (χ2n) is 5.69. The summed E-state index contributed by atoms with van der Waals surface area (Å²) in [5.74, 6) is 0.510. The van der Waals surface area contributed by atoms with E-state index < -0.39 is 11.2 Å². The highest BCUT2D eigenvalue weighted by molar-refractivity contribution is 5.82. The summed E-state index contributed by atoms with van der Waals surface area (Å²) < 4.78 is 8.32. The van der Waals surface area contributed by atoms with Crippen LogP contribution in [0.5, 0.6) is 5.75 Å². The van der Waals surface area contributed by atoms with Crippen LogP contribution in [-0.4, -0.2) is 25.7 Å². The van der Waals surface area contributed by atoms with Crippen molar-refractivity contribution >= 4 is 11.0 Å². The Bertz CT molecular complexity index is 1020. The van der Waals surface area contributed by atoms with Gasteiger partial charge in [-0.1, -0.05) is 13.0 Å². The minimum atomic E-state index is -0.416. The summed E-state index contributed by atoms with van der Waals surface area (Å²) in [5, 5.41) is 0.340. The van der Waals surface area contributed by atoms with E-state index in [9.17, 15) is 9.59 Å². The number of aryl methyl sites for hydroxylation is 2. The van der Waals surface area contributed by atoms with Crippen LogP contribution in [0.4, 0.5) is 0 Å². The lowest BCUT2D eigenvalue weighted by atomic mass is 10.1. The fraction of sp³-hybridized carbons (Fsp3) is 0.333.